The molecule has 1 aromatic heterocycles. The normalized spacial score (nSPS) is 10.6. The lowest BCUT2D eigenvalue weighted by Gasteiger charge is -2.17. The molecule has 0 unspecified atom stereocenters. The summed E-state index contributed by atoms with van der Waals surface area (Å²) in [4.78, 5) is 13.8. The summed E-state index contributed by atoms with van der Waals surface area (Å²) in [5.41, 5.74) is 2.50. The van der Waals surface area contributed by atoms with E-state index in [4.69, 9.17) is 0 Å². The molecule has 0 aliphatic rings. The molecule has 0 radical (unpaired) electrons. The van der Waals surface area contributed by atoms with Crippen molar-refractivity contribution >= 4 is 5.91 Å². The van der Waals surface area contributed by atoms with Gasteiger partial charge in [0.15, 0.2) is 0 Å². The number of benzene rings is 2. The zero-order valence-electron chi connectivity index (χ0n) is 14.1. The average molecular weight is 337 g/mol. The van der Waals surface area contributed by atoms with Gasteiger partial charge in [0.2, 0.25) is 5.91 Å². The van der Waals surface area contributed by atoms with Gasteiger partial charge in [-0.3, -0.25) is 4.79 Å². The summed E-state index contributed by atoms with van der Waals surface area (Å²) in [5, 5.41) is 4.33. The molecule has 0 fully saturated rings. The maximum atomic E-state index is 13.7. The van der Waals surface area contributed by atoms with Crippen LogP contribution in [0.4, 0.5) is 4.39 Å². The smallest absolute Gasteiger partial charge is 0.222 e. The highest BCUT2D eigenvalue weighted by Crippen LogP contribution is 2.12. The van der Waals surface area contributed by atoms with Crippen molar-refractivity contribution in [2.24, 2.45) is 0 Å². The van der Waals surface area contributed by atoms with Crippen molar-refractivity contribution in [1.82, 2.24) is 14.7 Å². The molecule has 0 aliphatic heterocycles. The van der Waals surface area contributed by atoms with E-state index >= 15 is 0 Å². The fourth-order valence-electron chi connectivity index (χ4n) is 2.62. The van der Waals surface area contributed by atoms with Gasteiger partial charge in [-0.25, -0.2) is 9.07 Å². The number of carbonyl (C=O) groups is 1. The minimum absolute atomic E-state index is 0.0179. The van der Waals surface area contributed by atoms with E-state index in [2.05, 4.69) is 5.10 Å². The van der Waals surface area contributed by atoms with E-state index in [1.54, 1.807) is 41.0 Å². The number of hydrogen-bond acceptors (Lipinski definition) is 2. The summed E-state index contributed by atoms with van der Waals surface area (Å²) >= 11 is 0. The number of aryl methyl sites for hydroxylation is 1. The van der Waals surface area contributed by atoms with Gasteiger partial charge >= 0.3 is 0 Å². The van der Waals surface area contributed by atoms with Gasteiger partial charge in [0.05, 0.1) is 11.9 Å². The molecule has 2 aromatic carbocycles. The molecule has 128 valence electrons. The van der Waals surface area contributed by atoms with Gasteiger partial charge in [0, 0.05) is 31.8 Å². The van der Waals surface area contributed by atoms with Crippen LogP contribution in [0.5, 0.6) is 0 Å². The summed E-state index contributed by atoms with van der Waals surface area (Å²) in [6.45, 7) is 0.273. The molecule has 0 bridgehead atoms. The number of rotatable bonds is 6. The number of aromatic nitrogens is 2. The van der Waals surface area contributed by atoms with E-state index in [-0.39, 0.29) is 18.3 Å². The van der Waals surface area contributed by atoms with Crippen LogP contribution in [0, 0.1) is 5.82 Å². The molecule has 3 rings (SSSR count). The minimum atomic E-state index is -0.286. The lowest BCUT2D eigenvalue weighted by molar-refractivity contribution is -0.130. The topological polar surface area (TPSA) is 38.1 Å². The first kappa shape index (κ1) is 16.9. The lowest BCUT2D eigenvalue weighted by Crippen LogP contribution is -2.26. The largest absolute Gasteiger partial charge is 0.341 e. The predicted octanol–water partition coefficient (Wildman–Crippen LogP) is 3.60. The Kier molecular flexibility index (Phi) is 5.23. The zero-order valence-corrected chi connectivity index (χ0v) is 14.1. The Morgan fingerprint density at radius 1 is 1.12 bits per heavy atom. The second-order valence-corrected chi connectivity index (χ2v) is 5.97. The maximum absolute atomic E-state index is 13.7. The summed E-state index contributed by atoms with van der Waals surface area (Å²) in [5.74, 6) is -0.304. The predicted molar refractivity (Wildman–Crippen MR) is 94.8 cm³/mol. The molecular weight excluding hydrogens is 317 g/mol. The van der Waals surface area contributed by atoms with Gasteiger partial charge in [-0.05, 0) is 30.2 Å². The standard InChI is InChI=1S/C20H20FN3O/c1-23(15-17-7-5-6-10-19(17)21)20(25)12-11-16-13-22-24(14-16)18-8-3-2-4-9-18/h2-10,13-14H,11-12,15H2,1H3. The van der Waals surface area contributed by atoms with E-state index < -0.39 is 0 Å². The lowest BCUT2D eigenvalue weighted by atomic mass is 10.1. The van der Waals surface area contributed by atoms with Crippen LogP contribution in [0.3, 0.4) is 0 Å². The second-order valence-electron chi connectivity index (χ2n) is 5.97. The van der Waals surface area contributed by atoms with Crippen molar-refractivity contribution < 1.29 is 9.18 Å². The van der Waals surface area contributed by atoms with Crippen molar-refractivity contribution in [3.05, 3.63) is 83.9 Å². The summed E-state index contributed by atoms with van der Waals surface area (Å²) < 4.78 is 15.5. The molecule has 1 heterocycles. The van der Waals surface area contributed by atoms with Crippen molar-refractivity contribution in [2.45, 2.75) is 19.4 Å². The quantitative estimate of drug-likeness (QED) is 0.689. The SMILES string of the molecule is CN(Cc1ccccc1F)C(=O)CCc1cnn(-c2ccccc2)c1. The fourth-order valence-corrected chi connectivity index (χ4v) is 2.62. The fraction of sp³-hybridized carbons (Fsp3) is 0.200. The van der Waals surface area contributed by atoms with Crippen molar-refractivity contribution in [3.8, 4) is 5.69 Å². The van der Waals surface area contributed by atoms with Crippen LogP contribution in [-0.4, -0.2) is 27.6 Å². The monoisotopic (exact) mass is 337 g/mol. The van der Waals surface area contributed by atoms with E-state index in [9.17, 15) is 9.18 Å². The van der Waals surface area contributed by atoms with Crippen LogP contribution in [-0.2, 0) is 17.8 Å². The highest BCUT2D eigenvalue weighted by atomic mass is 19.1. The molecule has 1 amide bonds. The Balaban J connectivity index is 1.55. The molecule has 25 heavy (non-hydrogen) atoms. The first-order valence-electron chi connectivity index (χ1n) is 8.20. The van der Waals surface area contributed by atoms with Gasteiger partial charge in [0.25, 0.3) is 0 Å². The van der Waals surface area contributed by atoms with Gasteiger partial charge in [0.1, 0.15) is 5.82 Å². The van der Waals surface area contributed by atoms with E-state index in [1.165, 1.54) is 6.07 Å². The number of hydrogen-bond donors (Lipinski definition) is 0. The molecule has 0 atom stereocenters. The van der Waals surface area contributed by atoms with E-state index in [0.717, 1.165) is 11.3 Å². The molecular formula is C20H20FN3O. The van der Waals surface area contributed by atoms with Crippen LogP contribution in [0.15, 0.2) is 67.0 Å². The Morgan fingerprint density at radius 3 is 2.60 bits per heavy atom. The van der Waals surface area contributed by atoms with Crippen molar-refractivity contribution in [1.29, 1.82) is 0 Å². The summed E-state index contributed by atoms with van der Waals surface area (Å²) in [6.07, 6.45) is 4.68. The van der Waals surface area contributed by atoms with Crippen LogP contribution in [0.1, 0.15) is 17.5 Å². The first-order chi connectivity index (χ1) is 12.1. The molecule has 0 spiro atoms. The highest BCUT2D eigenvalue weighted by molar-refractivity contribution is 5.76. The Morgan fingerprint density at radius 2 is 1.84 bits per heavy atom. The number of carbonyl (C=O) groups excluding carboxylic acids is 1. The van der Waals surface area contributed by atoms with Crippen molar-refractivity contribution in [3.63, 3.8) is 0 Å². The third-order valence-corrected chi connectivity index (χ3v) is 4.08. The number of halogens is 1. The van der Waals surface area contributed by atoms with Gasteiger partial charge in [-0.15, -0.1) is 0 Å². The van der Waals surface area contributed by atoms with Crippen molar-refractivity contribution in [2.75, 3.05) is 7.05 Å². The minimum Gasteiger partial charge on any atom is -0.341 e. The molecule has 0 saturated heterocycles. The molecule has 5 heteroatoms. The second kappa shape index (κ2) is 7.75. The first-order valence-corrected chi connectivity index (χ1v) is 8.20. The molecule has 3 aromatic rings. The highest BCUT2D eigenvalue weighted by Gasteiger charge is 2.12. The van der Waals surface area contributed by atoms with Gasteiger partial charge in [-0.1, -0.05) is 36.4 Å². The Hall–Kier alpha value is -2.95. The average Bonchev–Trinajstić information content (AvgIpc) is 3.11. The molecule has 0 aliphatic carbocycles. The van der Waals surface area contributed by atoms with Crippen LogP contribution in [0.2, 0.25) is 0 Å². The van der Waals surface area contributed by atoms with E-state index in [1.807, 2.05) is 36.5 Å². The third kappa shape index (κ3) is 4.32. The Labute approximate surface area is 146 Å². The van der Waals surface area contributed by atoms with E-state index in [0.29, 0.717) is 18.4 Å². The number of para-hydroxylation sites is 1. The van der Waals surface area contributed by atoms with Crippen LogP contribution < -0.4 is 0 Å². The van der Waals surface area contributed by atoms with Crippen LogP contribution in [0.25, 0.3) is 5.69 Å². The number of amides is 1. The van der Waals surface area contributed by atoms with Gasteiger partial charge < -0.3 is 4.90 Å². The molecule has 0 saturated carbocycles. The summed E-state index contributed by atoms with van der Waals surface area (Å²) in [7, 11) is 1.70. The van der Waals surface area contributed by atoms with Crippen LogP contribution >= 0.6 is 0 Å². The zero-order chi connectivity index (χ0) is 17.6. The van der Waals surface area contributed by atoms with Gasteiger partial charge in [-0.2, -0.15) is 5.10 Å². The number of nitrogens with zero attached hydrogens (tertiary/aromatic N) is 3. The summed E-state index contributed by atoms with van der Waals surface area (Å²) in [6, 6.07) is 16.3. The molecule has 0 N–H and O–H groups in total. The maximum Gasteiger partial charge on any atom is 0.222 e. The Bertz CT molecular complexity index is 845. The third-order valence-electron chi connectivity index (χ3n) is 4.08. The molecule has 4 nitrogen and oxygen atoms in total.